The quantitative estimate of drug-likeness (QED) is 0.550. The van der Waals surface area contributed by atoms with Crippen molar-refractivity contribution < 1.29 is 5.02 Å². The summed E-state index contributed by atoms with van der Waals surface area (Å²) in [5.74, 6) is 0. The summed E-state index contributed by atoms with van der Waals surface area (Å²) >= 11 is 0. The maximum atomic E-state index is 9.22. The molecule has 11 heavy (non-hydrogen) atoms. The van der Waals surface area contributed by atoms with Crippen molar-refractivity contribution in [1.29, 1.82) is 0 Å². The number of hydrogen-bond donors (Lipinski definition) is 1. The van der Waals surface area contributed by atoms with Crippen LogP contribution in [0.4, 0.5) is 0 Å². The molecule has 0 aromatic heterocycles. The molecule has 62 valence electrons. The van der Waals surface area contributed by atoms with Crippen LogP contribution in [-0.4, -0.2) is 42.7 Å². The molecule has 4 heteroatoms. The first-order valence-corrected chi connectivity index (χ1v) is 4.10. The van der Waals surface area contributed by atoms with Crippen molar-refractivity contribution in [2.75, 3.05) is 20.1 Å². The molecule has 1 rings (SSSR count). The minimum atomic E-state index is -0.298. The van der Waals surface area contributed by atoms with E-state index >= 15 is 0 Å². The van der Waals surface area contributed by atoms with Crippen molar-refractivity contribution in [1.82, 2.24) is 4.81 Å². The monoisotopic (exact) mass is 154 g/mol. The van der Waals surface area contributed by atoms with Crippen molar-refractivity contribution in [3.8, 4) is 0 Å². The number of aliphatic imine (C=N–C) groups is 1. The summed E-state index contributed by atoms with van der Waals surface area (Å²) in [7, 11) is 1.54. The smallest absolute Gasteiger partial charge is 0.376 e. The van der Waals surface area contributed by atoms with E-state index in [1.165, 1.54) is 5.71 Å². The Morgan fingerprint density at radius 3 is 2.36 bits per heavy atom. The standard InChI is InChI=1S/C7H15BN2O/c1-8(11)10-5-3-7(9-2)4-6-10/h11H,3-6H2,1-2H3. The van der Waals surface area contributed by atoms with Crippen LogP contribution in [-0.2, 0) is 0 Å². The maximum Gasteiger partial charge on any atom is 0.376 e. The molecule has 0 amide bonds. The SMILES string of the molecule is CN=C1CCN(B(C)O)CC1. The first-order valence-electron chi connectivity index (χ1n) is 4.10. The molecule has 1 fully saturated rings. The fraction of sp³-hybridized carbons (Fsp3) is 0.857. The van der Waals surface area contributed by atoms with E-state index in [1.807, 2.05) is 13.9 Å². The fourth-order valence-electron chi connectivity index (χ4n) is 1.38. The van der Waals surface area contributed by atoms with Gasteiger partial charge in [0.1, 0.15) is 0 Å². The van der Waals surface area contributed by atoms with Crippen LogP contribution in [0, 0.1) is 0 Å². The van der Waals surface area contributed by atoms with Crippen LogP contribution in [0.5, 0.6) is 0 Å². The Hall–Kier alpha value is -0.345. The van der Waals surface area contributed by atoms with E-state index in [0.717, 1.165) is 25.9 Å². The van der Waals surface area contributed by atoms with E-state index in [9.17, 15) is 5.02 Å². The second-order valence-electron chi connectivity index (χ2n) is 2.96. The van der Waals surface area contributed by atoms with Gasteiger partial charge in [0, 0.05) is 12.8 Å². The molecule has 0 unspecified atom stereocenters. The highest BCUT2D eigenvalue weighted by molar-refractivity contribution is 6.45. The van der Waals surface area contributed by atoms with Crippen molar-refractivity contribution in [2.24, 2.45) is 4.99 Å². The Morgan fingerprint density at radius 1 is 1.45 bits per heavy atom. The molecular weight excluding hydrogens is 139 g/mol. The Balaban J connectivity index is 2.36. The lowest BCUT2D eigenvalue weighted by Crippen LogP contribution is -2.43. The largest absolute Gasteiger partial charge is 0.437 e. The van der Waals surface area contributed by atoms with Gasteiger partial charge in [-0.25, -0.2) is 0 Å². The zero-order chi connectivity index (χ0) is 8.27. The lowest BCUT2D eigenvalue weighted by molar-refractivity contribution is 0.365. The molecule has 1 aliphatic rings. The lowest BCUT2D eigenvalue weighted by Gasteiger charge is -2.27. The van der Waals surface area contributed by atoms with Crippen LogP contribution in [0.2, 0.25) is 6.82 Å². The number of rotatable bonds is 1. The first-order chi connectivity index (χ1) is 5.24. The van der Waals surface area contributed by atoms with Crippen LogP contribution in [0.1, 0.15) is 12.8 Å². The van der Waals surface area contributed by atoms with Gasteiger partial charge in [-0.15, -0.1) is 0 Å². The molecule has 0 atom stereocenters. The molecule has 1 heterocycles. The Kier molecular flexibility index (Phi) is 3.08. The molecule has 0 radical (unpaired) electrons. The van der Waals surface area contributed by atoms with Crippen molar-refractivity contribution >= 4 is 12.8 Å². The second kappa shape index (κ2) is 3.88. The third kappa shape index (κ3) is 2.31. The average molecular weight is 154 g/mol. The van der Waals surface area contributed by atoms with Gasteiger partial charge in [-0.3, -0.25) is 4.99 Å². The minimum absolute atomic E-state index is 0.298. The van der Waals surface area contributed by atoms with Gasteiger partial charge >= 0.3 is 7.05 Å². The van der Waals surface area contributed by atoms with E-state index in [-0.39, 0.29) is 7.05 Å². The average Bonchev–Trinajstić information content (AvgIpc) is 2.05. The molecule has 1 aliphatic heterocycles. The fourth-order valence-corrected chi connectivity index (χ4v) is 1.38. The van der Waals surface area contributed by atoms with Gasteiger partial charge in [0.2, 0.25) is 0 Å². The van der Waals surface area contributed by atoms with E-state index in [4.69, 9.17) is 0 Å². The molecule has 1 N–H and O–H groups in total. The molecule has 0 aliphatic carbocycles. The van der Waals surface area contributed by atoms with Gasteiger partial charge in [0.15, 0.2) is 0 Å². The first kappa shape index (κ1) is 8.75. The summed E-state index contributed by atoms with van der Waals surface area (Å²) in [5, 5.41) is 9.22. The summed E-state index contributed by atoms with van der Waals surface area (Å²) in [6.07, 6.45) is 2.03. The van der Waals surface area contributed by atoms with Crippen molar-refractivity contribution in [3.05, 3.63) is 0 Å². The van der Waals surface area contributed by atoms with Crippen LogP contribution in [0.25, 0.3) is 0 Å². The van der Waals surface area contributed by atoms with Gasteiger partial charge in [-0.2, -0.15) is 0 Å². The molecule has 0 aromatic carbocycles. The third-order valence-corrected chi connectivity index (χ3v) is 2.22. The summed E-state index contributed by atoms with van der Waals surface area (Å²) in [4.78, 5) is 6.21. The van der Waals surface area contributed by atoms with Gasteiger partial charge in [0.25, 0.3) is 0 Å². The highest BCUT2D eigenvalue weighted by Gasteiger charge is 2.20. The lowest BCUT2D eigenvalue weighted by atomic mass is 9.83. The number of hydrogen-bond acceptors (Lipinski definition) is 3. The van der Waals surface area contributed by atoms with E-state index in [1.54, 1.807) is 0 Å². The molecule has 3 nitrogen and oxygen atoms in total. The highest BCUT2D eigenvalue weighted by Crippen LogP contribution is 2.07. The number of nitrogens with zero attached hydrogens (tertiary/aromatic N) is 2. The molecule has 0 aromatic rings. The zero-order valence-electron chi connectivity index (χ0n) is 7.25. The van der Waals surface area contributed by atoms with Crippen LogP contribution < -0.4 is 0 Å². The minimum Gasteiger partial charge on any atom is -0.437 e. The maximum absolute atomic E-state index is 9.22. The van der Waals surface area contributed by atoms with Crippen molar-refractivity contribution in [3.63, 3.8) is 0 Å². The third-order valence-electron chi connectivity index (χ3n) is 2.22. The predicted molar refractivity (Wildman–Crippen MR) is 48.0 cm³/mol. The zero-order valence-corrected chi connectivity index (χ0v) is 7.25. The van der Waals surface area contributed by atoms with E-state index < -0.39 is 0 Å². The van der Waals surface area contributed by atoms with E-state index in [2.05, 4.69) is 9.80 Å². The predicted octanol–water partition coefficient (Wildman–Crippen LogP) is 0.263. The van der Waals surface area contributed by atoms with Gasteiger partial charge < -0.3 is 9.83 Å². The Morgan fingerprint density at radius 2 is 2.00 bits per heavy atom. The number of piperidine rings is 1. The molecular formula is C7H15BN2O. The van der Waals surface area contributed by atoms with Gasteiger partial charge in [-0.1, -0.05) is 0 Å². The molecule has 0 bridgehead atoms. The van der Waals surface area contributed by atoms with Crippen LogP contribution in [0.3, 0.4) is 0 Å². The molecule has 0 spiro atoms. The second-order valence-corrected chi connectivity index (χ2v) is 2.96. The van der Waals surface area contributed by atoms with Crippen molar-refractivity contribution in [2.45, 2.75) is 19.7 Å². The topological polar surface area (TPSA) is 35.8 Å². The summed E-state index contributed by atoms with van der Waals surface area (Å²) in [6, 6.07) is 0. The summed E-state index contributed by atoms with van der Waals surface area (Å²) in [5.41, 5.74) is 1.28. The highest BCUT2D eigenvalue weighted by atomic mass is 16.2. The van der Waals surface area contributed by atoms with Gasteiger partial charge in [-0.05, 0) is 32.8 Å². The van der Waals surface area contributed by atoms with Crippen LogP contribution >= 0.6 is 0 Å². The van der Waals surface area contributed by atoms with E-state index in [0.29, 0.717) is 0 Å². The van der Waals surface area contributed by atoms with Gasteiger partial charge in [0.05, 0.1) is 0 Å². The Labute approximate surface area is 68.3 Å². The Bertz CT molecular complexity index is 149. The molecule has 1 saturated heterocycles. The van der Waals surface area contributed by atoms with Crippen LogP contribution in [0.15, 0.2) is 4.99 Å². The summed E-state index contributed by atoms with van der Waals surface area (Å²) in [6.45, 7) is 3.71. The normalized spacial score (nSPS) is 20.1. The molecule has 0 saturated carbocycles. The summed E-state index contributed by atoms with van der Waals surface area (Å²) < 4.78 is 0.